The summed E-state index contributed by atoms with van der Waals surface area (Å²) < 4.78 is 33.3. The lowest BCUT2D eigenvalue weighted by atomic mass is 9.97. The normalized spacial score (nSPS) is 17.3. The van der Waals surface area contributed by atoms with E-state index in [0.29, 0.717) is 40.6 Å². The Morgan fingerprint density at radius 2 is 1.88 bits per heavy atom. The molecule has 2 heterocycles. The monoisotopic (exact) mass is 477 g/mol. The smallest absolute Gasteiger partial charge is 0.262 e. The maximum atomic E-state index is 13.3. The van der Waals surface area contributed by atoms with Gasteiger partial charge in [-0.05, 0) is 56.0 Å². The summed E-state index contributed by atoms with van der Waals surface area (Å²) in [4.78, 5) is 24.3. The van der Waals surface area contributed by atoms with Gasteiger partial charge in [-0.15, -0.1) is 0 Å². The number of benzene rings is 2. The summed E-state index contributed by atoms with van der Waals surface area (Å²) in [6, 6.07) is 8.40. The van der Waals surface area contributed by atoms with Crippen LogP contribution in [0.1, 0.15) is 24.0 Å². The van der Waals surface area contributed by atoms with E-state index in [1.165, 1.54) is 10.4 Å². The van der Waals surface area contributed by atoms with Crippen LogP contribution in [-0.4, -0.2) is 44.2 Å². The number of carbonyl (C=O) groups is 2. The molecule has 2 aromatic carbocycles. The van der Waals surface area contributed by atoms with Crippen LogP contribution in [-0.2, 0) is 19.6 Å². The van der Waals surface area contributed by atoms with Crippen LogP contribution in [0.25, 0.3) is 0 Å². The Bertz CT molecular complexity index is 1190. The number of hydrogen-bond donors (Lipinski definition) is 2. The molecule has 1 fully saturated rings. The standard InChI is InChI=1S/C22H24ClN3O5S/c1-13-3-4-16(10-17(13)23)24-22(28)15-5-7-26(8-6-15)32(29,30)20-11-19-18(9-14(20)2)25-21(27)12-31-19/h3-4,9-11,15H,5-8,12H2,1-2H3,(H,24,28)(H,25,27). The van der Waals surface area contributed by atoms with E-state index in [1.54, 1.807) is 25.1 Å². The second-order valence-electron chi connectivity index (χ2n) is 8.08. The number of nitrogens with zero attached hydrogens (tertiary/aromatic N) is 1. The summed E-state index contributed by atoms with van der Waals surface area (Å²) in [6.45, 7) is 3.89. The molecule has 0 saturated carbocycles. The number of carbonyl (C=O) groups excluding carboxylic acids is 2. The SMILES string of the molecule is Cc1ccc(NC(=O)C2CCN(S(=O)(=O)c3cc4c(cc3C)NC(=O)CO4)CC2)cc1Cl. The van der Waals surface area contributed by atoms with Gasteiger partial charge in [0.25, 0.3) is 5.91 Å². The Morgan fingerprint density at radius 3 is 2.56 bits per heavy atom. The molecule has 10 heteroatoms. The summed E-state index contributed by atoms with van der Waals surface area (Å²) in [7, 11) is -3.77. The van der Waals surface area contributed by atoms with Gasteiger partial charge in [-0.3, -0.25) is 9.59 Å². The van der Waals surface area contributed by atoms with Crippen molar-refractivity contribution in [1.82, 2.24) is 4.31 Å². The van der Waals surface area contributed by atoms with Gasteiger partial charge < -0.3 is 15.4 Å². The van der Waals surface area contributed by atoms with Crippen LogP contribution >= 0.6 is 11.6 Å². The number of rotatable bonds is 4. The molecule has 8 nitrogen and oxygen atoms in total. The van der Waals surface area contributed by atoms with Gasteiger partial charge in [0.2, 0.25) is 15.9 Å². The number of ether oxygens (including phenoxy) is 1. The Morgan fingerprint density at radius 1 is 1.16 bits per heavy atom. The van der Waals surface area contributed by atoms with E-state index < -0.39 is 10.0 Å². The Kier molecular flexibility index (Phi) is 6.15. The number of aryl methyl sites for hydroxylation is 2. The van der Waals surface area contributed by atoms with Gasteiger partial charge in [0.05, 0.1) is 10.6 Å². The van der Waals surface area contributed by atoms with E-state index in [-0.39, 0.29) is 42.3 Å². The lowest BCUT2D eigenvalue weighted by molar-refractivity contribution is -0.121. The molecular weight excluding hydrogens is 454 g/mol. The third-order valence-corrected chi connectivity index (χ3v) is 8.24. The van der Waals surface area contributed by atoms with Crippen molar-refractivity contribution < 1.29 is 22.7 Å². The average Bonchev–Trinajstić information content (AvgIpc) is 2.75. The average molecular weight is 478 g/mol. The molecular formula is C22H24ClN3O5S. The zero-order valence-electron chi connectivity index (χ0n) is 17.8. The molecule has 2 aliphatic rings. The van der Waals surface area contributed by atoms with Crippen molar-refractivity contribution in [3.63, 3.8) is 0 Å². The number of halogens is 1. The first-order valence-electron chi connectivity index (χ1n) is 10.3. The number of amides is 2. The first kappa shape index (κ1) is 22.6. The highest BCUT2D eigenvalue weighted by molar-refractivity contribution is 7.89. The minimum atomic E-state index is -3.77. The van der Waals surface area contributed by atoms with Crippen LogP contribution in [0.15, 0.2) is 35.2 Å². The first-order valence-corrected chi connectivity index (χ1v) is 12.1. The fraction of sp³-hybridized carbons (Fsp3) is 0.364. The van der Waals surface area contributed by atoms with E-state index in [1.807, 2.05) is 13.0 Å². The third kappa shape index (κ3) is 4.46. The van der Waals surface area contributed by atoms with Crippen molar-refractivity contribution >= 4 is 44.8 Å². The lowest BCUT2D eigenvalue weighted by Crippen LogP contribution is -2.41. The molecule has 2 aromatic rings. The molecule has 0 spiro atoms. The van der Waals surface area contributed by atoms with Crippen molar-refractivity contribution in [2.24, 2.45) is 5.92 Å². The molecule has 4 rings (SSSR count). The van der Waals surface area contributed by atoms with Crippen molar-refractivity contribution in [2.75, 3.05) is 30.3 Å². The fourth-order valence-electron chi connectivity index (χ4n) is 3.91. The van der Waals surface area contributed by atoms with Gasteiger partial charge in [-0.25, -0.2) is 8.42 Å². The highest BCUT2D eigenvalue weighted by atomic mass is 35.5. The van der Waals surface area contributed by atoms with Gasteiger partial charge in [-0.1, -0.05) is 17.7 Å². The summed E-state index contributed by atoms with van der Waals surface area (Å²) in [5.74, 6) is -0.374. The molecule has 2 aliphatic heterocycles. The molecule has 2 amide bonds. The topological polar surface area (TPSA) is 105 Å². The molecule has 2 N–H and O–H groups in total. The van der Waals surface area contributed by atoms with Crippen LogP contribution in [0.2, 0.25) is 5.02 Å². The minimum Gasteiger partial charge on any atom is -0.482 e. The van der Waals surface area contributed by atoms with Gasteiger partial charge >= 0.3 is 0 Å². The van der Waals surface area contributed by atoms with Crippen molar-refractivity contribution in [3.8, 4) is 5.75 Å². The zero-order chi connectivity index (χ0) is 23.0. The quantitative estimate of drug-likeness (QED) is 0.702. The van der Waals surface area contributed by atoms with Crippen molar-refractivity contribution in [2.45, 2.75) is 31.6 Å². The minimum absolute atomic E-state index is 0.143. The molecule has 1 saturated heterocycles. The van der Waals surface area contributed by atoms with E-state index in [9.17, 15) is 18.0 Å². The van der Waals surface area contributed by atoms with Crippen LogP contribution in [0.4, 0.5) is 11.4 Å². The summed E-state index contributed by atoms with van der Waals surface area (Å²) in [5.41, 5.74) is 2.53. The second kappa shape index (κ2) is 8.73. The highest BCUT2D eigenvalue weighted by Crippen LogP contribution is 2.35. The number of sulfonamides is 1. The Hall–Kier alpha value is -2.62. The molecule has 0 aliphatic carbocycles. The predicted molar refractivity (Wildman–Crippen MR) is 122 cm³/mol. The van der Waals surface area contributed by atoms with Gasteiger partial charge in [0.15, 0.2) is 6.61 Å². The van der Waals surface area contributed by atoms with E-state index in [2.05, 4.69) is 10.6 Å². The molecule has 0 atom stereocenters. The molecule has 0 radical (unpaired) electrons. The summed E-state index contributed by atoms with van der Waals surface area (Å²) in [6.07, 6.45) is 0.836. The largest absolute Gasteiger partial charge is 0.482 e. The Balaban J connectivity index is 1.44. The zero-order valence-corrected chi connectivity index (χ0v) is 19.3. The third-order valence-electron chi connectivity index (χ3n) is 5.79. The number of fused-ring (bicyclic) bond motifs is 1. The van der Waals surface area contributed by atoms with Gasteiger partial charge in [0.1, 0.15) is 5.75 Å². The Labute approximate surface area is 191 Å². The molecule has 0 unspecified atom stereocenters. The van der Waals surface area contributed by atoms with Crippen LogP contribution in [0, 0.1) is 19.8 Å². The van der Waals surface area contributed by atoms with E-state index in [0.717, 1.165) is 5.56 Å². The van der Waals surface area contributed by atoms with Crippen LogP contribution < -0.4 is 15.4 Å². The molecule has 170 valence electrons. The van der Waals surface area contributed by atoms with Gasteiger partial charge in [0, 0.05) is 35.8 Å². The number of anilines is 2. The summed E-state index contributed by atoms with van der Waals surface area (Å²) >= 11 is 6.12. The highest BCUT2D eigenvalue weighted by Gasteiger charge is 2.34. The second-order valence-corrected chi connectivity index (χ2v) is 10.4. The van der Waals surface area contributed by atoms with Crippen LogP contribution in [0.3, 0.4) is 0 Å². The maximum Gasteiger partial charge on any atom is 0.262 e. The molecule has 32 heavy (non-hydrogen) atoms. The fourth-order valence-corrected chi connectivity index (χ4v) is 5.78. The first-order chi connectivity index (χ1) is 15.1. The predicted octanol–water partition coefficient (Wildman–Crippen LogP) is 3.33. The lowest BCUT2D eigenvalue weighted by Gasteiger charge is -2.31. The van der Waals surface area contributed by atoms with Crippen LogP contribution in [0.5, 0.6) is 5.75 Å². The number of piperidine rings is 1. The van der Waals surface area contributed by atoms with Gasteiger partial charge in [-0.2, -0.15) is 4.31 Å². The molecule has 0 bridgehead atoms. The van der Waals surface area contributed by atoms with Crippen molar-refractivity contribution in [3.05, 3.63) is 46.5 Å². The van der Waals surface area contributed by atoms with E-state index in [4.69, 9.17) is 16.3 Å². The number of hydrogen-bond acceptors (Lipinski definition) is 5. The van der Waals surface area contributed by atoms with E-state index >= 15 is 0 Å². The van der Waals surface area contributed by atoms with Crippen molar-refractivity contribution in [1.29, 1.82) is 0 Å². The summed E-state index contributed by atoms with van der Waals surface area (Å²) in [5, 5.41) is 6.12. The number of nitrogens with one attached hydrogen (secondary N) is 2. The molecule has 0 aromatic heterocycles. The maximum absolute atomic E-state index is 13.3.